The summed E-state index contributed by atoms with van der Waals surface area (Å²) < 4.78 is 0. The van der Waals surface area contributed by atoms with Gasteiger partial charge in [0.15, 0.2) is 0 Å². The largest absolute Gasteiger partial charge is 0.350 e. The second-order valence-corrected chi connectivity index (χ2v) is 5.30. The lowest BCUT2D eigenvalue weighted by molar-refractivity contribution is 0.0882. The van der Waals surface area contributed by atoms with Gasteiger partial charge in [-0.15, -0.1) is 0 Å². The zero-order valence-electron chi connectivity index (χ0n) is 12.1. The highest BCUT2D eigenvalue weighted by Gasteiger charge is 2.22. The molecule has 110 valence electrons. The summed E-state index contributed by atoms with van der Waals surface area (Å²) in [6.07, 6.45) is 0. The van der Waals surface area contributed by atoms with Crippen LogP contribution >= 0.6 is 0 Å². The quantitative estimate of drug-likeness (QED) is 0.531. The molecule has 20 heavy (non-hydrogen) atoms. The van der Waals surface area contributed by atoms with E-state index in [2.05, 4.69) is 34.6 Å². The fraction of sp³-hybridized carbons (Fsp3) is 0.500. The molecule has 6 nitrogen and oxygen atoms in total. The van der Waals surface area contributed by atoms with Crippen molar-refractivity contribution in [3.05, 3.63) is 29.8 Å². The van der Waals surface area contributed by atoms with Crippen molar-refractivity contribution in [3.8, 4) is 0 Å². The fourth-order valence-corrected chi connectivity index (χ4v) is 2.43. The molecule has 1 aromatic rings. The van der Waals surface area contributed by atoms with E-state index in [0.29, 0.717) is 23.8 Å². The van der Waals surface area contributed by atoms with Crippen LogP contribution in [0.4, 0.5) is 5.69 Å². The smallest absolute Gasteiger partial charge is 0.253 e. The maximum absolute atomic E-state index is 12.2. The standard InChI is InChI=1S/C14H23N5O/c1-18-7-8-19(2)11(10-18)9-16-14(20)12-5-3-4-6-13(12)17-15/h3-6,11,17H,7-10,15H2,1-2H3,(H,16,20). The molecule has 1 aliphatic heterocycles. The van der Waals surface area contributed by atoms with Gasteiger partial charge in [-0.25, -0.2) is 0 Å². The average Bonchev–Trinajstić information content (AvgIpc) is 2.47. The Morgan fingerprint density at radius 2 is 2.10 bits per heavy atom. The molecule has 0 bridgehead atoms. The number of benzene rings is 1. The van der Waals surface area contributed by atoms with Gasteiger partial charge in [0, 0.05) is 32.2 Å². The molecule has 1 fully saturated rings. The van der Waals surface area contributed by atoms with Gasteiger partial charge in [-0.1, -0.05) is 12.1 Å². The summed E-state index contributed by atoms with van der Waals surface area (Å²) in [7, 11) is 4.20. The maximum atomic E-state index is 12.2. The number of nitrogens with one attached hydrogen (secondary N) is 2. The van der Waals surface area contributed by atoms with Crippen LogP contribution in [0.2, 0.25) is 0 Å². The Kier molecular flexibility index (Phi) is 4.94. The minimum Gasteiger partial charge on any atom is -0.350 e. The molecule has 0 saturated carbocycles. The Hall–Kier alpha value is -1.63. The molecule has 4 N–H and O–H groups in total. The number of hydrazine groups is 1. The van der Waals surface area contributed by atoms with Crippen molar-refractivity contribution in [3.63, 3.8) is 0 Å². The Morgan fingerprint density at radius 1 is 1.35 bits per heavy atom. The van der Waals surface area contributed by atoms with E-state index in [9.17, 15) is 4.79 Å². The summed E-state index contributed by atoms with van der Waals surface area (Å²) in [5.74, 6) is 5.33. The molecule has 0 radical (unpaired) electrons. The molecule has 1 aromatic carbocycles. The van der Waals surface area contributed by atoms with Gasteiger partial charge >= 0.3 is 0 Å². The van der Waals surface area contributed by atoms with Crippen LogP contribution in [0, 0.1) is 0 Å². The molecule has 0 aromatic heterocycles. The van der Waals surface area contributed by atoms with Gasteiger partial charge in [-0.05, 0) is 26.2 Å². The summed E-state index contributed by atoms with van der Waals surface area (Å²) in [5.41, 5.74) is 3.76. The van der Waals surface area contributed by atoms with E-state index in [1.807, 2.05) is 12.1 Å². The number of anilines is 1. The highest BCUT2D eigenvalue weighted by molar-refractivity contribution is 5.99. The molecule has 1 unspecified atom stereocenters. The van der Waals surface area contributed by atoms with Crippen molar-refractivity contribution >= 4 is 11.6 Å². The predicted octanol–water partition coefficient (Wildman–Crippen LogP) is -0.0522. The number of nitrogens with two attached hydrogens (primary N) is 1. The summed E-state index contributed by atoms with van der Waals surface area (Å²) in [4.78, 5) is 16.8. The topological polar surface area (TPSA) is 73.6 Å². The van der Waals surface area contributed by atoms with E-state index >= 15 is 0 Å². The number of nitrogens with zero attached hydrogens (tertiary/aromatic N) is 2. The summed E-state index contributed by atoms with van der Waals surface area (Å²) >= 11 is 0. The number of amides is 1. The molecule has 0 aliphatic carbocycles. The third kappa shape index (κ3) is 3.47. The molecule has 0 spiro atoms. The van der Waals surface area contributed by atoms with Gasteiger partial charge in [0.2, 0.25) is 0 Å². The molecule has 1 aliphatic rings. The van der Waals surface area contributed by atoms with Crippen LogP contribution in [-0.2, 0) is 0 Å². The second kappa shape index (κ2) is 6.69. The molecule has 6 heteroatoms. The van der Waals surface area contributed by atoms with Gasteiger partial charge in [0.05, 0.1) is 11.3 Å². The number of hydrogen-bond donors (Lipinski definition) is 3. The SMILES string of the molecule is CN1CCN(C)C(CNC(=O)c2ccccc2NN)C1. The van der Waals surface area contributed by atoms with Gasteiger partial charge in [0.25, 0.3) is 5.91 Å². The van der Waals surface area contributed by atoms with Crippen molar-refractivity contribution < 1.29 is 4.79 Å². The first-order valence-corrected chi connectivity index (χ1v) is 6.84. The van der Waals surface area contributed by atoms with E-state index < -0.39 is 0 Å². The first-order chi connectivity index (χ1) is 9.61. The molecule has 1 atom stereocenters. The van der Waals surface area contributed by atoms with Crippen LogP contribution in [0.25, 0.3) is 0 Å². The van der Waals surface area contributed by atoms with Crippen molar-refractivity contribution in [2.24, 2.45) is 5.84 Å². The third-order valence-corrected chi connectivity index (χ3v) is 3.81. The number of carbonyl (C=O) groups is 1. The number of piperazine rings is 1. The van der Waals surface area contributed by atoms with Gasteiger partial charge < -0.3 is 15.6 Å². The molecule has 2 rings (SSSR count). The third-order valence-electron chi connectivity index (χ3n) is 3.81. The van der Waals surface area contributed by atoms with E-state index in [4.69, 9.17) is 5.84 Å². The Balaban J connectivity index is 1.94. The van der Waals surface area contributed by atoms with Crippen LogP contribution < -0.4 is 16.6 Å². The Morgan fingerprint density at radius 3 is 2.85 bits per heavy atom. The molecule has 1 amide bonds. The van der Waals surface area contributed by atoms with Crippen molar-refractivity contribution in [2.45, 2.75) is 6.04 Å². The zero-order chi connectivity index (χ0) is 14.5. The highest BCUT2D eigenvalue weighted by Crippen LogP contribution is 2.13. The number of nitrogen functional groups attached to an aromatic ring is 1. The minimum absolute atomic E-state index is 0.0971. The zero-order valence-corrected chi connectivity index (χ0v) is 12.1. The van der Waals surface area contributed by atoms with Crippen LogP contribution in [0.1, 0.15) is 10.4 Å². The minimum atomic E-state index is -0.0971. The Labute approximate surface area is 119 Å². The summed E-state index contributed by atoms with van der Waals surface area (Å²) in [6, 6.07) is 7.57. The van der Waals surface area contributed by atoms with Gasteiger partial charge in [-0.3, -0.25) is 15.5 Å². The number of carbonyl (C=O) groups excluding carboxylic acids is 1. The average molecular weight is 277 g/mol. The van der Waals surface area contributed by atoms with Gasteiger partial charge in [-0.2, -0.15) is 0 Å². The van der Waals surface area contributed by atoms with Crippen LogP contribution in [-0.4, -0.2) is 62.0 Å². The lowest BCUT2D eigenvalue weighted by Gasteiger charge is -2.37. The molecular formula is C14H23N5O. The van der Waals surface area contributed by atoms with Crippen molar-refractivity contribution in [2.75, 3.05) is 45.7 Å². The molecule has 1 saturated heterocycles. The number of likely N-dealkylation sites (N-methyl/N-ethyl adjacent to an activating group) is 2. The lowest BCUT2D eigenvalue weighted by Crippen LogP contribution is -2.54. The Bertz CT molecular complexity index is 465. The van der Waals surface area contributed by atoms with E-state index in [-0.39, 0.29) is 5.91 Å². The normalized spacial score (nSPS) is 20.6. The second-order valence-electron chi connectivity index (χ2n) is 5.30. The van der Waals surface area contributed by atoms with Crippen LogP contribution in [0.5, 0.6) is 0 Å². The van der Waals surface area contributed by atoms with Gasteiger partial charge in [0.1, 0.15) is 0 Å². The molecule has 1 heterocycles. The fourth-order valence-electron chi connectivity index (χ4n) is 2.43. The van der Waals surface area contributed by atoms with Crippen molar-refractivity contribution in [1.29, 1.82) is 0 Å². The summed E-state index contributed by atoms with van der Waals surface area (Å²) in [6.45, 7) is 3.70. The molecular weight excluding hydrogens is 254 g/mol. The highest BCUT2D eigenvalue weighted by atomic mass is 16.1. The lowest BCUT2D eigenvalue weighted by atomic mass is 10.1. The maximum Gasteiger partial charge on any atom is 0.253 e. The van der Waals surface area contributed by atoms with Crippen LogP contribution in [0.15, 0.2) is 24.3 Å². The van der Waals surface area contributed by atoms with Crippen molar-refractivity contribution in [1.82, 2.24) is 15.1 Å². The number of rotatable bonds is 4. The predicted molar refractivity (Wildman–Crippen MR) is 80.5 cm³/mol. The summed E-state index contributed by atoms with van der Waals surface area (Å²) in [5, 5.41) is 2.99. The van der Waals surface area contributed by atoms with Crippen LogP contribution in [0.3, 0.4) is 0 Å². The first-order valence-electron chi connectivity index (χ1n) is 6.84. The monoisotopic (exact) mass is 277 g/mol. The van der Waals surface area contributed by atoms with E-state index in [1.165, 1.54) is 0 Å². The van der Waals surface area contributed by atoms with E-state index in [1.54, 1.807) is 12.1 Å². The number of hydrogen-bond acceptors (Lipinski definition) is 5. The first kappa shape index (κ1) is 14.8. The van der Waals surface area contributed by atoms with E-state index in [0.717, 1.165) is 19.6 Å². The number of para-hydroxylation sites is 1.